The van der Waals surface area contributed by atoms with E-state index in [1.165, 1.54) is 0 Å². The van der Waals surface area contributed by atoms with Crippen molar-refractivity contribution in [2.24, 2.45) is 0 Å². The van der Waals surface area contributed by atoms with E-state index in [4.69, 9.17) is 0 Å². The van der Waals surface area contributed by atoms with Crippen LogP contribution in [0.4, 0.5) is 5.82 Å². The molecule has 0 saturated heterocycles. The van der Waals surface area contributed by atoms with Gasteiger partial charge in [0.2, 0.25) is 0 Å². The van der Waals surface area contributed by atoms with Crippen molar-refractivity contribution >= 4 is 11.3 Å². The first-order valence-electron chi connectivity index (χ1n) is 6.73. The molecule has 0 aliphatic carbocycles. The average Bonchev–Trinajstić information content (AvgIpc) is 2.72. The predicted molar refractivity (Wildman–Crippen MR) is 78.7 cm³/mol. The first-order chi connectivity index (χ1) is 8.97. The van der Waals surface area contributed by atoms with Crippen LogP contribution in [0.2, 0.25) is 0 Å². The van der Waals surface area contributed by atoms with Crippen molar-refractivity contribution in [1.29, 1.82) is 0 Å². The van der Waals surface area contributed by atoms with Crippen LogP contribution in [-0.4, -0.2) is 46.2 Å². The van der Waals surface area contributed by atoms with Crippen LogP contribution >= 0.6 is 0 Å². The summed E-state index contributed by atoms with van der Waals surface area (Å²) >= 11 is 0. The van der Waals surface area contributed by atoms with Gasteiger partial charge in [0.15, 0.2) is 5.82 Å². The van der Waals surface area contributed by atoms with Crippen LogP contribution in [0.1, 0.15) is 32.4 Å². The highest BCUT2D eigenvalue weighted by Gasteiger charge is 2.11. The van der Waals surface area contributed by atoms with E-state index in [-0.39, 0.29) is 0 Å². The standard InChI is InChI=1S/C14H23N5/c1-10(2)12-8-13-14(15-6-7-19(13)17-12)16-11(3)9-18(4)5/h6-8,10-11H,9H2,1-5H3,(H,15,16). The second-order valence-corrected chi connectivity index (χ2v) is 5.64. The molecule has 0 aliphatic heterocycles. The second-order valence-electron chi connectivity index (χ2n) is 5.64. The Balaban J connectivity index is 2.27. The lowest BCUT2D eigenvalue weighted by Crippen LogP contribution is -2.30. The molecule has 5 heteroatoms. The Morgan fingerprint density at radius 1 is 1.32 bits per heavy atom. The first-order valence-corrected chi connectivity index (χ1v) is 6.73. The zero-order valence-electron chi connectivity index (χ0n) is 12.4. The number of hydrogen-bond acceptors (Lipinski definition) is 4. The van der Waals surface area contributed by atoms with Gasteiger partial charge in [-0.3, -0.25) is 0 Å². The maximum atomic E-state index is 4.57. The number of nitrogens with zero attached hydrogens (tertiary/aromatic N) is 4. The lowest BCUT2D eigenvalue weighted by atomic mass is 10.1. The maximum Gasteiger partial charge on any atom is 0.152 e. The first kappa shape index (κ1) is 13.8. The van der Waals surface area contributed by atoms with E-state index >= 15 is 0 Å². The fourth-order valence-electron chi connectivity index (χ4n) is 2.16. The second kappa shape index (κ2) is 5.57. The molecule has 104 valence electrons. The molecule has 0 aliphatic rings. The van der Waals surface area contributed by atoms with Gasteiger partial charge in [-0.25, -0.2) is 9.50 Å². The summed E-state index contributed by atoms with van der Waals surface area (Å²) in [7, 11) is 4.14. The van der Waals surface area contributed by atoms with Crippen molar-refractivity contribution in [2.45, 2.75) is 32.7 Å². The molecule has 1 atom stereocenters. The Bertz CT molecular complexity index is 544. The summed E-state index contributed by atoms with van der Waals surface area (Å²) in [5, 5.41) is 8.02. The Morgan fingerprint density at radius 2 is 2.05 bits per heavy atom. The number of hydrogen-bond donors (Lipinski definition) is 1. The van der Waals surface area contributed by atoms with Gasteiger partial charge in [-0.2, -0.15) is 5.10 Å². The molecule has 19 heavy (non-hydrogen) atoms. The molecular formula is C14H23N5. The van der Waals surface area contributed by atoms with Crippen molar-refractivity contribution in [3.63, 3.8) is 0 Å². The van der Waals surface area contributed by atoms with Crippen molar-refractivity contribution in [2.75, 3.05) is 26.0 Å². The van der Waals surface area contributed by atoms with E-state index in [0.29, 0.717) is 12.0 Å². The van der Waals surface area contributed by atoms with Gasteiger partial charge in [0.25, 0.3) is 0 Å². The lowest BCUT2D eigenvalue weighted by Gasteiger charge is -2.19. The Labute approximate surface area is 114 Å². The van der Waals surface area contributed by atoms with Crippen molar-refractivity contribution in [1.82, 2.24) is 19.5 Å². The number of aromatic nitrogens is 3. The van der Waals surface area contributed by atoms with Crippen LogP contribution in [0.3, 0.4) is 0 Å². The Hall–Kier alpha value is -1.62. The molecule has 2 aromatic heterocycles. The van der Waals surface area contributed by atoms with Gasteiger partial charge in [0, 0.05) is 25.0 Å². The van der Waals surface area contributed by atoms with E-state index in [0.717, 1.165) is 23.6 Å². The van der Waals surface area contributed by atoms with Crippen LogP contribution < -0.4 is 5.32 Å². The number of likely N-dealkylation sites (N-methyl/N-ethyl adjacent to an activating group) is 1. The molecule has 0 amide bonds. The summed E-state index contributed by atoms with van der Waals surface area (Å²) in [5.74, 6) is 1.32. The van der Waals surface area contributed by atoms with Gasteiger partial charge in [-0.15, -0.1) is 0 Å². The molecule has 0 saturated carbocycles. The molecule has 0 bridgehead atoms. The van der Waals surface area contributed by atoms with Crippen LogP contribution in [-0.2, 0) is 0 Å². The fourth-order valence-corrected chi connectivity index (χ4v) is 2.16. The number of rotatable bonds is 5. The predicted octanol–water partition coefficient (Wildman–Crippen LogP) is 2.21. The quantitative estimate of drug-likeness (QED) is 0.896. The third-order valence-electron chi connectivity index (χ3n) is 3.02. The molecule has 2 aromatic rings. The summed E-state index contributed by atoms with van der Waals surface area (Å²) in [6.07, 6.45) is 3.68. The van der Waals surface area contributed by atoms with Gasteiger partial charge in [-0.05, 0) is 33.0 Å². The molecule has 0 fully saturated rings. The van der Waals surface area contributed by atoms with Crippen molar-refractivity contribution < 1.29 is 0 Å². The normalized spacial score (nSPS) is 13.4. The highest BCUT2D eigenvalue weighted by atomic mass is 15.2. The van der Waals surface area contributed by atoms with Gasteiger partial charge in [0.05, 0.1) is 5.69 Å². The molecule has 1 N–H and O–H groups in total. The summed E-state index contributed by atoms with van der Waals surface area (Å²) in [4.78, 5) is 6.60. The largest absolute Gasteiger partial charge is 0.365 e. The van der Waals surface area contributed by atoms with Gasteiger partial charge >= 0.3 is 0 Å². The molecule has 0 spiro atoms. The van der Waals surface area contributed by atoms with E-state index in [2.05, 4.69) is 61.2 Å². The summed E-state index contributed by atoms with van der Waals surface area (Å²) in [5.41, 5.74) is 2.13. The van der Waals surface area contributed by atoms with E-state index < -0.39 is 0 Å². The topological polar surface area (TPSA) is 45.5 Å². The Kier molecular flexibility index (Phi) is 4.04. The third kappa shape index (κ3) is 3.23. The Morgan fingerprint density at radius 3 is 2.68 bits per heavy atom. The smallest absolute Gasteiger partial charge is 0.152 e. The number of fused-ring (bicyclic) bond motifs is 1. The maximum absolute atomic E-state index is 4.57. The van der Waals surface area contributed by atoms with Crippen molar-refractivity contribution in [3.05, 3.63) is 24.2 Å². The van der Waals surface area contributed by atoms with Crippen LogP contribution in [0, 0.1) is 0 Å². The highest BCUT2D eigenvalue weighted by molar-refractivity contribution is 5.68. The zero-order chi connectivity index (χ0) is 14.0. The minimum absolute atomic E-state index is 0.339. The summed E-state index contributed by atoms with van der Waals surface area (Å²) in [6.45, 7) is 7.42. The average molecular weight is 261 g/mol. The van der Waals surface area contributed by atoms with Crippen molar-refractivity contribution in [3.8, 4) is 0 Å². The molecule has 0 aromatic carbocycles. The zero-order valence-corrected chi connectivity index (χ0v) is 12.4. The summed E-state index contributed by atoms with van der Waals surface area (Å²) < 4.78 is 1.90. The molecular weight excluding hydrogens is 238 g/mol. The minimum Gasteiger partial charge on any atom is -0.365 e. The monoisotopic (exact) mass is 261 g/mol. The van der Waals surface area contributed by atoms with E-state index in [1.54, 1.807) is 6.20 Å². The van der Waals surface area contributed by atoms with Gasteiger partial charge in [0.1, 0.15) is 5.52 Å². The number of anilines is 1. The highest BCUT2D eigenvalue weighted by Crippen LogP contribution is 2.20. The molecule has 1 unspecified atom stereocenters. The van der Waals surface area contributed by atoms with Crippen LogP contribution in [0.25, 0.3) is 5.52 Å². The SMILES string of the molecule is CC(CN(C)C)Nc1nccn2nc(C(C)C)cc12. The van der Waals surface area contributed by atoms with Gasteiger partial charge < -0.3 is 10.2 Å². The summed E-state index contributed by atoms with van der Waals surface area (Å²) in [6, 6.07) is 2.45. The molecule has 0 radical (unpaired) electrons. The molecule has 5 nitrogen and oxygen atoms in total. The molecule has 2 rings (SSSR count). The van der Waals surface area contributed by atoms with Crippen LogP contribution in [0.15, 0.2) is 18.5 Å². The fraction of sp³-hybridized carbons (Fsp3) is 0.571. The van der Waals surface area contributed by atoms with E-state index in [9.17, 15) is 0 Å². The third-order valence-corrected chi connectivity index (χ3v) is 3.02. The van der Waals surface area contributed by atoms with Gasteiger partial charge in [-0.1, -0.05) is 13.8 Å². The van der Waals surface area contributed by atoms with E-state index in [1.807, 2.05) is 10.7 Å². The number of nitrogens with one attached hydrogen (secondary N) is 1. The minimum atomic E-state index is 0.339. The lowest BCUT2D eigenvalue weighted by molar-refractivity contribution is 0.392. The molecule has 2 heterocycles. The van der Waals surface area contributed by atoms with Crippen LogP contribution in [0.5, 0.6) is 0 Å².